The number of aliphatic carboxylic acids is 1. The predicted molar refractivity (Wildman–Crippen MR) is 54.9 cm³/mol. The Kier molecular flexibility index (Phi) is 4.12. The molecule has 0 aliphatic heterocycles. The minimum Gasteiger partial charge on any atom is -0.508 e. The van der Waals surface area contributed by atoms with Gasteiger partial charge in [0, 0.05) is 7.11 Å². The predicted octanol–water partition coefficient (Wildman–Crippen LogP) is 1.42. The van der Waals surface area contributed by atoms with E-state index in [1.807, 2.05) is 6.07 Å². The van der Waals surface area contributed by atoms with Crippen LogP contribution in [-0.2, 0) is 16.0 Å². The number of hydrogen-bond acceptors (Lipinski definition) is 3. The monoisotopic (exact) mass is 210 g/mol. The molecule has 1 aromatic carbocycles. The highest BCUT2D eigenvalue weighted by Crippen LogP contribution is 2.14. The molecule has 0 aromatic heterocycles. The van der Waals surface area contributed by atoms with Crippen molar-refractivity contribution in [1.82, 2.24) is 0 Å². The topological polar surface area (TPSA) is 66.8 Å². The van der Waals surface area contributed by atoms with Gasteiger partial charge in [0.25, 0.3) is 0 Å². The second-order valence-corrected chi connectivity index (χ2v) is 3.33. The molecule has 1 aromatic rings. The first kappa shape index (κ1) is 11.5. The Hall–Kier alpha value is -1.55. The normalized spacial score (nSPS) is 12.3. The van der Waals surface area contributed by atoms with Crippen molar-refractivity contribution in [2.45, 2.75) is 18.9 Å². The maximum absolute atomic E-state index is 10.5. The first-order valence-corrected chi connectivity index (χ1v) is 4.64. The maximum Gasteiger partial charge on any atom is 0.305 e. The van der Waals surface area contributed by atoms with Crippen LogP contribution in [0.3, 0.4) is 0 Å². The van der Waals surface area contributed by atoms with Crippen molar-refractivity contribution in [2.75, 3.05) is 7.11 Å². The van der Waals surface area contributed by atoms with E-state index >= 15 is 0 Å². The Bertz CT molecular complexity index is 335. The molecule has 0 radical (unpaired) electrons. The first-order chi connectivity index (χ1) is 7.11. The van der Waals surface area contributed by atoms with Crippen LogP contribution in [0.25, 0.3) is 0 Å². The van der Waals surface area contributed by atoms with E-state index in [1.165, 1.54) is 7.11 Å². The molecule has 4 heteroatoms. The number of phenols is 1. The summed E-state index contributed by atoms with van der Waals surface area (Å²) < 4.78 is 5.04. The third kappa shape index (κ3) is 3.99. The molecule has 2 N–H and O–H groups in total. The third-order valence-electron chi connectivity index (χ3n) is 2.11. The number of hydrogen-bond donors (Lipinski definition) is 2. The largest absolute Gasteiger partial charge is 0.508 e. The maximum atomic E-state index is 10.5. The average molecular weight is 210 g/mol. The number of carbonyl (C=O) groups is 1. The van der Waals surface area contributed by atoms with Gasteiger partial charge < -0.3 is 14.9 Å². The minimum atomic E-state index is -0.887. The van der Waals surface area contributed by atoms with Gasteiger partial charge in [-0.3, -0.25) is 4.79 Å². The van der Waals surface area contributed by atoms with Gasteiger partial charge in [-0.2, -0.15) is 0 Å². The molecule has 0 spiro atoms. The fourth-order valence-corrected chi connectivity index (χ4v) is 1.38. The van der Waals surface area contributed by atoms with Crippen LogP contribution >= 0.6 is 0 Å². The molecule has 1 unspecified atom stereocenters. The second kappa shape index (κ2) is 5.36. The number of ether oxygens (including phenoxy) is 1. The number of rotatable bonds is 5. The van der Waals surface area contributed by atoms with Crippen LogP contribution in [0, 0.1) is 0 Å². The van der Waals surface area contributed by atoms with Crippen LogP contribution < -0.4 is 0 Å². The van der Waals surface area contributed by atoms with Crippen molar-refractivity contribution in [3.8, 4) is 5.75 Å². The highest BCUT2D eigenvalue weighted by molar-refractivity contribution is 5.67. The molecule has 4 nitrogen and oxygen atoms in total. The zero-order chi connectivity index (χ0) is 11.3. The van der Waals surface area contributed by atoms with Crippen LogP contribution in [0.1, 0.15) is 12.0 Å². The van der Waals surface area contributed by atoms with Crippen LogP contribution in [0.15, 0.2) is 24.3 Å². The molecule has 0 fully saturated rings. The van der Waals surface area contributed by atoms with E-state index in [2.05, 4.69) is 0 Å². The zero-order valence-electron chi connectivity index (χ0n) is 8.51. The lowest BCUT2D eigenvalue weighted by Gasteiger charge is -2.12. The molecule has 1 rings (SSSR count). The molecule has 0 amide bonds. The summed E-state index contributed by atoms with van der Waals surface area (Å²) in [7, 11) is 1.48. The molecule has 0 saturated carbocycles. The summed E-state index contributed by atoms with van der Waals surface area (Å²) in [6, 6.07) is 6.72. The highest BCUT2D eigenvalue weighted by Gasteiger charge is 2.12. The van der Waals surface area contributed by atoms with Gasteiger partial charge in [-0.15, -0.1) is 0 Å². The fraction of sp³-hybridized carbons (Fsp3) is 0.364. The second-order valence-electron chi connectivity index (χ2n) is 3.33. The lowest BCUT2D eigenvalue weighted by molar-refractivity contribution is -0.139. The van der Waals surface area contributed by atoms with Crippen LogP contribution in [0.5, 0.6) is 5.75 Å². The van der Waals surface area contributed by atoms with Crippen LogP contribution in [0.4, 0.5) is 0 Å². The number of carboxylic acids is 1. The number of phenolic OH excluding ortho intramolecular Hbond substituents is 1. The van der Waals surface area contributed by atoms with Gasteiger partial charge in [0.2, 0.25) is 0 Å². The van der Waals surface area contributed by atoms with E-state index < -0.39 is 5.97 Å². The van der Waals surface area contributed by atoms with Gasteiger partial charge in [-0.25, -0.2) is 0 Å². The molecule has 0 aliphatic carbocycles. The van der Waals surface area contributed by atoms with Crippen molar-refractivity contribution in [2.24, 2.45) is 0 Å². The molecule has 1 atom stereocenters. The average Bonchev–Trinajstić information content (AvgIpc) is 2.16. The molecule has 15 heavy (non-hydrogen) atoms. The van der Waals surface area contributed by atoms with E-state index in [-0.39, 0.29) is 18.3 Å². The summed E-state index contributed by atoms with van der Waals surface area (Å²) in [4.78, 5) is 10.5. The van der Waals surface area contributed by atoms with Crippen molar-refractivity contribution in [3.05, 3.63) is 29.8 Å². The molecule has 0 heterocycles. The summed E-state index contributed by atoms with van der Waals surface area (Å²) in [6.07, 6.45) is 0.0906. The van der Waals surface area contributed by atoms with E-state index in [1.54, 1.807) is 18.2 Å². The van der Waals surface area contributed by atoms with Crippen molar-refractivity contribution < 1.29 is 19.7 Å². The van der Waals surface area contributed by atoms with Crippen molar-refractivity contribution in [1.29, 1.82) is 0 Å². The Morgan fingerprint density at radius 3 is 2.80 bits per heavy atom. The summed E-state index contributed by atoms with van der Waals surface area (Å²) in [6.45, 7) is 0. The van der Waals surface area contributed by atoms with Crippen LogP contribution in [-0.4, -0.2) is 29.4 Å². The van der Waals surface area contributed by atoms with Gasteiger partial charge in [0.15, 0.2) is 0 Å². The summed E-state index contributed by atoms with van der Waals surface area (Å²) in [5, 5.41) is 17.8. The van der Waals surface area contributed by atoms with E-state index in [0.29, 0.717) is 6.42 Å². The smallest absolute Gasteiger partial charge is 0.305 e. The van der Waals surface area contributed by atoms with Crippen molar-refractivity contribution in [3.63, 3.8) is 0 Å². The standard InChI is InChI=1S/C11H14O4/c1-15-10(7-11(13)14)6-8-3-2-4-9(12)5-8/h2-5,10,12H,6-7H2,1H3,(H,13,14). The Morgan fingerprint density at radius 1 is 1.53 bits per heavy atom. The molecular formula is C11H14O4. The van der Waals surface area contributed by atoms with Crippen molar-refractivity contribution >= 4 is 5.97 Å². The number of aromatic hydroxyl groups is 1. The summed E-state index contributed by atoms with van der Waals surface area (Å²) >= 11 is 0. The van der Waals surface area contributed by atoms with E-state index in [0.717, 1.165) is 5.56 Å². The van der Waals surface area contributed by atoms with Crippen LogP contribution in [0.2, 0.25) is 0 Å². The third-order valence-corrected chi connectivity index (χ3v) is 2.11. The Balaban J connectivity index is 2.62. The highest BCUT2D eigenvalue weighted by atomic mass is 16.5. The SMILES string of the molecule is COC(CC(=O)O)Cc1cccc(O)c1. The zero-order valence-corrected chi connectivity index (χ0v) is 8.51. The molecule has 82 valence electrons. The Morgan fingerprint density at radius 2 is 2.27 bits per heavy atom. The minimum absolute atomic E-state index is 0.0356. The summed E-state index contributed by atoms with van der Waals surface area (Å²) in [5.74, 6) is -0.709. The van der Waals surface area contributed by atoms with Gasteiger partial charge in [0.05, 0.1) is 12.5 Å². The quantitative estimate of drug-likeness (QED) is 0.771. The molecule has 0 aliphatic rings. The van der Waals surface area contributed by atoms with E-state index in [4.69, 9.17) is 9.84 Å². The first-order valence-electron chi connectivity index (χ1n) is 4.64. The van der Waals surface area contributed by atoms with Gasteiger partial charge >= 0.3 is 5.97 Å². The lowest BCUT2D eigenvalue weighted by Crippen LogP contribution is -2.18. The van der Waals surface area contributed by atoms with Gasteiger partial charge in [-0.05, 0) is 24.1 Å². The molecular weight excluding hydrogens is 196 g/mol. The number of carboxylic acid groups (broad SMARTS) is 1. The molecule has 0 bridgehead atoms. The summed E-state index contributed by atoms with van der Waals surface area (Å²) in [5.41, 5.74) is 0.864. The lowest BCUT2D eigenvalue weighted by atomic mass is 10.1. The van der Waals surface area contributed by atoms with Gasteiger partial charge in [-0.1, -0.05) is 12.1 Å². The number of methoxy groups -OCH3 is 1. The number of benzene rings is 1. The van der Waals surface area contributed by atoms with Gasteiger partial charge in [0.1, 0.15) is 5.75 Å². The van der Waals surface area contributed by atoms with E-state index in [9.17, 15) is 9.90 Å². The fourth-order valence-electron chi connectivity index (χ4n) is 1.38. The molecule has 0 saturated heterocycles. The Labute approximate surface area is 88.1 Å².